The lowest BCUT2D eigenvalue weighted by Crippen LogP contribution is -2.55. The minimum atomic E-state index is -0.512. The number of hydrogen-bond donors (Lipinski definition) is 1. The third-order valence-corrected chi connectivity index (χ3v) is 4.16. The molecule has 1 aliphatic heterocycles. The van der Waals surface area contributed by atoms with Gasteiger partial charge < -0.3 is 10.6 Å². The number of thioether (sulfide) groups is 1. The van der Waals surface area contributed by atoms with Gasteiger partial charge in [-0.15, -0.1) is 0 Å². The molecular formula is C10H18N2OS. The quantitative estimate of drug-likeness (QED) is 0.703. The molecule has 0 aromatic rings. The van der Waals surface area contributed by atoms with Crippen LogP contribution in [0.5, 0.6) is 0 Å². The normalized spacial score (nSPS) is 26.5. The van der Waals surface area contributed by atoms with Gasteiger partial charge >= 0.3 is 0 Å². The van der Waals surface area contributed by atoms with Gasteiger partial charge in [-0.05, 0) is 12.8 Å². The van der Waals surface area contributed by atoms with E-state index in [-0.39, 0.29) is 5.91 Å². The fraction of sp³-hybridized carbons (Fsp3) is 0.900. The van der Waals surface area contributed by atoms with Crippen LogP contribution in [0.15, 0.2) is 0 Å². The van der Waals surface area contributed by atoms with Crippen LogP contribution in [-0.4, -0.2) is 40.9 Å². The van der Waals surface area contributed by atoms with Crippen molar-refractivity contribution in [1.82, 2.24) is 4.90 Å². The van der Waals surface area contributed by atoms with Gasteiger partial charge in [-0.3, -0.25) is 4.79 Å². The van der Waals surface area contributed by atoms with E-state index in [1.165, 1.54) is 0 Å². The van der Waals surface area contributed by atoms with Gasteiger partial charge in [0, 0.05) is 24.6 Å². The Bertz CT molecular complexity index is 220. The summed E-state index contributed by atoms with van der Waals surface area (Å²) < 4.78 is 0. The molecule has 1 amide bonds. The standard InChI is InChI=1S/C10H18N2OS/c11-10(3-1-2-4-10)9(13)12-5-7-14-8-6-12/h1-8,11H2. The number of amides is 1. The highest BCUT2D eigenvalue weighted by atomic mass is 32.2. The fourth-order valence-corrected chi connectivity index (χ4v) is 3.20. The highest BCUT2D eigenvalue weighted by molar-refractivity contribution is 7.99. The Morgan fingerprint density at radius 1 is 1.21 bits per heavy atom. The molecule has 3 nitrogen and oxygen atoms in total. The van der Waals surface area contributed by atoms with Crippen LogP contribution in [0.1, 0.15) is 25.7 Å². The van der Waals surface area contributed by atoms with Gasteiger partial charge in [0.05, 0.1) is 5.54 Å². The Morgan fingerprint density at radius 2 is 1.79 bits per heavy atom. The van der Waals surface area contributed by atoms with E-state index in [0.29, 0.717) is 0 Å². The number of carbonyl (C=O) groups excluding carboxylic acids is 1. The predicted molar refractivity (Wildman–Crippen MR) is 59.3 cm³/mol. The topological polar surface area (TPSA) is 46.3 Å². The lowest BCUT2D eigenvalue weighted by atomic mass is 9.97. The van der Waals surface area contributed by atoms with Crippen LogP contribution in [0.3, 0.4) is 0 Å². The third-order valence-electron chi connectivity index (χ3n) is 3.22. The summed E-state index contributed by atoms with van der Waals surface area (Å²) in [4.78, 5) is 14.1. The summed E-state index contributed by atoms with van der Waals surface area (Å²) in [5.41, 5.74) is 5.62. The monoisotopic (exact) mass is 214 g/mol. The molecule has 0 unspecified atom stereocenters. The highest BCUT2D eigenvalue weighted by Gasteiger charge is 2.39. The lowest BCUT2D eigenvalue weighted by Gasteiger charge is -2.33. The molecule has 80 valence electrons. The zero-order valence-electron chi connectivity index (χ0n) is 8.50. The largest absolute Gasteiger partial charge is 0.339 e. The number of hydrogen-bond acceptors (Lipinski definition) is 3. The molecule has 2 N–H and O–H groups in total. The van der Waals surface area contributed by atoms with Crippen LogP contribution in [0.4, 0.5) is 0 Å². The van der Waals surface area contributed by atoms with Crippen LogP contribution < -0.4 is 5.73 Å². The van der Waals surface area contributed by atoms with E-state index in [9.17, 15) is 4.79 Å². The Kier molecular flexibility index (Phi) is 3.02. The fourth-order valence-electron chi connectivity index (χ4n) is 2.30. The summed E-state index contributed by atoms with van der Waals surface area (Å²) in [5, 5.41) is 0. The molecule has 2 aliphatic rings. The van der Waals surface area contributed by atoms with E-state index in [4.69, 9.17) is 5.73 Å². The van der Waals surface area contributed by atoms with Gasteiger partial charge in [0.1, 0.15) is 0 Å². The average Bonchev–Trinajstić information content (AvgIpc) is 2.67. The summed E-state index contributed by atoms with van der Waals surface area (Å²) in [7, 11) is 0. The Balaban J connectivity index is 1.98. The predicted octanol–water partition coefficient (Wildman–Crippen LogP) is 0.833. The molecule has 0 aromatic heterocycles. The van der Waals surface area contributed by atoms with Crippen molar-refractivity contribution < 1.29 is 4.79 Å². The Labute approximate surface area is 89.4 Å². The van der Waals surface area contributed by atoms with Gasteiger partial charge in [-0.25, -0.2) is 0 Å². The zero-order valence-corrected chi connectivity index (χ0v) is 9.31. The Hall–Kier alpha value is -0.220. The summed E-state index contributed by atoms with van der Waals surface area (Å²) in [5.74, 6) is 2.35. The van der Waals surface area contributed by atoms with Gasteiger partial charge in [0.2, 0.25) is 5.91 Å². The smallest absolute Gasteiger partial charge is 0.242 e. The summed E-state index contributed by atoms with van der Waals surface area (Å²) in [6.45, 7) is 1.78. The van der Waals surface area contributed by atoms with Gasteiger partial charge in [0.15, 0.2) is 0 Å². The molecule has 1 aliphatic carbocycles. The van der Waals surface area contributed by atoms with E-state index in [2.05, 4.69) is 0 Å². The molecule has 4 heteroatoms. The van der Waals surface area contributed by atoms with Gasteiger partial charge in [0.25, 0.3) is 0 Å². The van der Waals surface area contributed by atoms with Crippen LogP contribution in [0.2, 0.25) is 0 Å². The maximum Gasteiger partial charge on any atom is 0.242 e. The maximum absolute atomic E-state index is 12.1. The molecule has 1 saturated heterocycles. The zero-order chi connectivity index (χ0) is 10.0. The van der Waals surface area contributed by atoms with Crippen molar-refractivity contribution in [2.45, 2.75) is 31.2 Å². The molecule has 1 saturated carbocycles. The van der Waals surface area contributed by atoms with E-state index in [1.54, 1.807) is 0 Å². The van der Waals surface area contributed by atoms with Crippen LogP contribution in [-0.2, 0) is 4.79 Å². The number of carbonyl (C=O) groups is 1. The number of nitrogens with two attached hydrogens (primary N) is 1. The minimum Gasteiger partial charge on any atom is -0.339 e. The first kappa shape index (κ1) is 10.3. The van der Waals surface area contributed by atoms with E-state index >= 15 is 0 Å². The second-order valence-corrected chi connectivity index (χ2v) is 5.49. The summed E-state index contributed by atoms with van der Waals surface area (Å²) >= 11 is 1.92. The third kappa shape index (κ3) is 1.91. The molecule has 0 radical (unpaired) electrons. The molecule has 14 heavy (non-hydrogen) atoms. The van der Waals surface area contributed by atoms with E-state index in [0.717, 1.165) is 50.3 Å². The summed E-state index contributed by atoms with van der Waals surface area (Å²) in [6, 6.07) is 0. The SMILES string of the molecule is NC1(C(=O)N2CCSCC2)CCCC1. The van der Waals surface area contributed by atoms with E-state index in [1.807, 2.05) is 16.7 Å². The van der Waals surface area contributed by atoms with Crippen LogP contribution >= 0.6 is 11.8 Å². The summed E-state index contributed by atoms with van der Waals surface area (Å²) in [6.07, 6.45) is 4.00. The first-order valence-electron chi connectivity index (χ1n) is 5.38. The molecule has 2 fully saturated rings. The molecule has 2 rings (SSSR count). The average molecular weight is 214 g/mol. The van der Waals surface area contributed by atoms with Crippen molar-refractivity contribution >= 4 is 17.7 Å². The van der Waals surface area contributed by atoms with E-state index < -0.39 is 5.54 Å². The maximum atomic E-state index is 12.1. The molecule has 0 aromatic carbocycles. The lowest BCUT2D eigenvalue weighted by molar-refractivity contribution is -0.136. The number of rotatable bonds is 1. The highest BCUT2D eigenvalue weighted by Crippen LogP contribution is 2.29. The second kappa shape index (κ2) is 4.11. The van der Waals surface area contributed by atoms with Crippen molar-refractivity contribution in [3.63, 3.8) is 0 Å². The molecule has 0 atom stereocenters. The molecule has 0 bridgehead atoms. The van der Waals surface area contributed by atoms with Crippen LogP contribution in [0.25, 0.3) is 0 Å². The van der Waals surface area contributed by atoms with Crippen molar-refractivity contribution in [3.8, 4) is 0 Å². The molecular weight excluding hydrogens is 196 g/mol. The van der Waals surface area contributed by atoms with Gasteiger partial charge in [-0.1, -0.05) is 12.8 Å². The first-order chi connectivity index (χ1) is 6.72. The Morgan fingerprint density at radius 3 is 2.36 bits per heavy atom. The van der Waals surface area contributed by atoms with Crippen molar-refractivity contribution in [3.05, 3.63) is 0 Å². The molecule has 1 heterocycles. The van der Waals surface area contributed by atoms with Gasteiger partial charge in [-0.2, -0.15) is 11.8 Å². The van der Waals surface area contributed by atoms with Crippen molar-refractivity contribution in [2.75, 3.05) is 24.6 Å². The first-order valence-corrected chi connectivity index (χ1v) is 6.54. The van der Waals surface area contributed by atoms with Crippen molar-refractivity contribution in [1.29, 1.82) is 0 Å². The van der Waals surface area contributed by atoms with Crippen LogP contribution in [0, 0.1) is 0 Å². The van der Waals surface area contributed by atoms with Crippen molar-refractivity contribution in [2.24, 2.45) is 5.73 Å². The number of nitrogens with zero attached hydrogens (tertiary/aromatic N) is 1. The minimum absolute atomic E-state index is 0.204. The molecule has 0 spiro atoms. The second-order valence-electron chi connectivity index (χ2n) is 4.27.